The Bertz CT molecular complexity index is 558. The van der Waals surface area contributed by atoms with Crippen LogP contribution in [-0.2, 0) is 13.0 Å². The highest BCUT2D eigenvalue weighted by Gasteiger charge is 2.09. The fourth-order valence-electron chi connectivity index (χ4n) is 1.70. The molecule has 0 saturated carbocycles. The summed E-state index contributed by atoms with van der Waals surface area (Å²) in [5.74, 6) is 0. The normalized spacial score (nSPS) is 10.6. The summed E-state index contributed by atoms with van der Waals surface area (Å²) in [7, 11) is 0. The topological polar surface area (TPSA) is 55.2 Å². The second-order valence-corrected chi connectivity index (χ2v) is 5.28. The molecular weight excluding hydrogens is 284 g/mol. The molecule has 6 heteroatoms. The van der Waals surface area contributed by atoms with Gasteiger partial charge in [0.1, 0.15) is 0 Å². The molecule has 0 saturated heterocycles. The maximum Gasteiger partial charge on any atom is 0.269 e. The first kappa shape index (κ1) is 14.0. The second-order valence-electron chi connectivity index (χ2n) is 4.09. The lowest BCUT2D eigenvalue weighted by Crippen LogP contribution is -2.16. The fourth-order valence-corrected chi connectivity index (χ4v) is 2.59. The quantitative estimate of drug-likeness (QED) is 0.503. The third kappa shape index (κ3) is 4.02. The van der Waals surface area contributed by atoms with Crippen molar-refractivity contribution in [3.8, 4) is 0 Å². The van der Waals surface area contributed by atoms with Gasteiger partial charge in [0.05, 0.1) is 4.92 Å². The molecule has 19 heavy (non-hydrogen) atoms. The molecule has 4 nitrogen and oxygen atoms in total. The first-order chi connectivity index (χ1) is 9.16. The summed E-state index contributed by atoms with van der Waals surface area (Å²) in [6.45, 7) is 1.35. The Kier molecular flexibility index (Phi) is 4.90. The van der Waals surface area contributed by atoms with Crippen LogP contribution in [0.3, 0.4) is 0 Å². The third-order valence-corrected chi connectivity index (χ3v) is 3.83. The Morgan fingerprint density at radius 2 is 2.21 bits per heavy atom. The van der Waals surface area contributed by atoms with E-state index in [2.05, 4.69) is 16.8 Å². The monoisotopic (exact) mass is 296 g/mol. The molecule has 2 aromatic rings. The van der Waals surface area contributed by atoms with Crippen LogP contribution in [0.4, 0.5) is 5.69 Å². The molecule has 100 valence electrons. The molecule has 0 amide bonds. The molecule has 0 fully saturated rings. The van der Waals surface area contributed by atoms with Crippen molar-refractivity contribution in [3.05, 3.63) is 61.3 Å². The number of nitrogens with zero attached hydrogens (tertiary/aromatic N) is 1. The molecule has 1 aromatic carbocycles. The summed E-state index contributed by atoms with van der Waals surface area (Å²) in [6, 6.07) is 6.58. The summed E-state index contributed by atoms with van der Waals surface area (Å²) < 4.78 is 0. The van der Waals surface area contributed by atoms with Crippen molar-refractivity contribution in [1.29, 1.82) is 0 Å². The van der Waals surface area contributed by atoms with E-state index >= 15 is 0 Å². The molecule has 0 bridgehead atoms. The molecule has 0 aliphatic rings. The van der Waals surface area contributed by atoms with E-state index in [0.717, 1.165) is 18.5 Å². The van der Waals surface area contributed by atoms with Gasteiger partial charge in [0.25, 0.3) is 5.69 Å². The number of nitro groups is 1. The molecule has 1 aromatic heterocycles. The van der Waals surface area contributed by atoms with E-state index in [9.17, 15) is 10.1 Å². The van der Waals surface area contributed by atoms with Crippen molar-refractivity contribution < 1.29 is 4.92 Å². The molecule has 0 aliphatic heterocycles. The van der Waals surface area contributed by atoms with Crippen LogP contribution in [-0.4, -0.2) is 11.5 Å². The number of hydrogen-bond donors (Lipinski definition) is 1. The van der Waals surface area contributed by atoms with Gasteiger partial charge in [-0.1, -0.05) is 11.6 Å². The van der Waals surface area contributed by atoms with Gasteiger partial charge >= 0.3 is 0 Å². The van der Waals surface area contributed by atoms with Gasteiger partial charge in [-0.05, 0) is 47.0 Å². The van der Waals surface area contributed by atoms with Crippen molar-refractivity contribution in [2.45, 2.75) is 13.0 Å². The summed E-state index contributed by atoms with van der Waals surface area (Å²) in [5, 5.41) is 18.6. The molecule has 0 aliphatic carbocycles. The summed E-state index contributed by atoms with van der Waals surface area (Å²) >= 11 is 7.70. The third-order valence-electron chi connectivity index (χ3n) is 2.73. The number of nitrogens with one attached hydrogen (secondary N) is 1. The van der Waals surface area contributed by atoms with Crippen molar-refractivity contribution in [1.82, 2.24) is 5.32 Å². The number of halogens is 1. The van der Waals surface area contributed by atoms with Gasteiger partial charge in [0.15, 0.2) is 0 Å². The van der Waals surface area contributed by atoms with E-state index < -0.39 is 4.92 Å². The smallest absolute Gasteiger partial charge is 0.269 e. The lowest BCUT2D eigenvalue weighted by atomic mass is 10.2. The molecule has 0 atom stereocenters. The van der Waals surface area contributed by atoms with Gasteiger partial charge in [-0.3, -0.25) is 10.1 Å². The van der Waals surface area contributed by atoms with Crippen molar-refractivity contribution in [2.24, 2.45) is 0 Å². The zero-order valence-electron chi connectivity index (χ0n) is 10.1. The maximum absolute atomic E-state index is 10.7. The van der Waals surface area contributed by atoms with Crippen LogP contribution in [0.15, 0.2) is 35.0 Å². The van der Waals surface area contributed by atoms with Crippen molar-refractivity contribution in [3.63, 3.8) is 0 Å². The van der Waals surface area contributed by atoms with Crippen LogP contribution in [0, 0.1) is 10.1 Å². The van der Waals surface area contributed by atoms with Gasteiger partial charge in [-0.25, -0.2) is 0 Å². The van der Waals surface area contributed by atoms with Gasteiger partial charge in [-0.15, -0.1) is 0 Å². The van der Waals surface area contributed by atoms with Crippen LogP contribution in [0.25, 0.3) is 0 Å². The summed E-state index contributed by atoms with van der Waals surface area (Å²) in [6.07, 6.45) is 0.941. The zero-order chi connectivity index (χ0) is 13.7. The number of thiophene rings is 1. The fraction of sp³-hybridized carbons (Fsp3) is 0.231. The van der Waals surface area contributed by atoms with Gasteiger partial charge in [0, 0.05) is 23.7 Å². The van der Waals surface area contributed by atoms with Gasteiger partial charge < -0.3 is 5.32 Å². The Morgan fingerprint density at radius 1 is 1.37 bits per heavy atom. The molecule has 0 spiro atoms. The van der Waals surface area contributed by atoms with Crippen LogP contribution in [0.2, 0.25) is 5.02 Å². The Balaban J connectivity index is 1.88. The largest absolute Gasteiger partial charge is 0.312 e. The highest BCUT2D eigenvalue weighted by Crippen LogP contribution is 2.21. The average Bonchev–Trinajstić information content (AvgIpc) is 2.89. The van der Waals surface area contributed by atoms with Crippen molar-refractivity contribution in [2.75, 3.05) is 6.54 Å². The first-order valence-corrected chi connectivity index (χ1v) is 7.13. The Morgan fingerprint density at radius 3 is 2.89 bits per heavy atom. The van der Waals surface area contributed by atoms with E-state index in [1.807, 2.05) is 5.38 Å². The molecular formula is C13H13ClN2O2S. The van der Waals surface area contributed by atoms with Gasteiger partial charge in [0.2, 0.25) is 0 Å². The molecule has 0 radical (unpaired) electrons. The molecule has 1 heterocycles. The predicted octanol–water partition coefficient (Wildman–Crippen LogP) is 3.64. The minimum Gasteiger partial charge on any atom is -0.312 e. The minimum atomic E-state index is -0.412. The Labute approximate surface area is 120 Å². The van der Waals surface area contributed by atoms with E-state index in [-0.39, 0.29) is 5.69 Å². The highest BCUT2D eigenvalue weighted by atomic mass is 35.5. The summed E-state index contributed by atoms with van der Waals surface area (Å²) in [4.78, 5) is 10.3. The first-order valence-electron chi connectivity index (χ1n) is 5.81. The minimum absolute atomic E-state index is 0.0686. The maximum atomic E-state index is 10.7. The van der Waals surface area contributed by atoms with E-state index in [1.165, 1.54) is 17.7 Å². The van der Waals surface area contributed by atoms with Crippen LogP contribution >= 0.6 is 22.9 Å². The number of benzene rings is 1. The van der Waals surface area contributed by atoms with Crippen molar-refractivity contribution >= 4 is 28.6 Å². The lowest BCUT2D eigenvalue weighted by Gasteiger charge is -2.06. The van der Waals surface area contributed by atoms with Crippen LogP contribution < -0.4 is 5.32 Å². The van der Waals surface area contributed by atoms with Crippen LogP contribution in [0.1, 0.15) is 11.1 Å². The van der Waals surface area contributed by atoms with Gasteiger partial charge in [-0.2, -0.15) is 11.3 Å². The number of nitro benzene ring substituents is 1. The average molecular weight is 297 g/mol. The number of rotatable bonds is 6. The number of non-ortho nitro benzene ring substituents is 1. The highest BCUT2D eigenvalue weighted by molar-refractivity contribution is 7.07. The molecule has 0 unspecified atom stereocenters. The molecule has 2 rings (SSSR count). The van der Waals surface area contributed by atoms with E-state index in [0.29, 0.717) is 11.6 Å². The van der Waals surface area contributed by atoms with E-state index in [4.69, 9.17) is 11.6 Å². The lowest BCUT2D eigenvalue weighted by molar-refractivity contribution is -0.384. The summed E-state index contributed by atoms with van der Waals surface area (Å²) in [5.41, 5.74) is 2.11. The van der Waals surface area contributed by atoms with E-state index in [1.54, 1.807) is 17.4 Å². The van der Waals surface area contributed by atoms with Crippen LogP contribution in [0.5, 0.6) is 0 Å². The SMILES string of the molecule is O=[N+]([O-])c1ccc(Cl)c(CNCCc2ccsc2)c1. The zero-order valence-corrected chi connectivity index (χ0v) is 11.7. The predicted molar refractivity (Wildman–Crippen MR) is 77.8 cm³/mol. The Hall–Kier alpha value is -1.43. The standard InChI is InChI=1S/C13H13ClN2O2S/c14-13-2-1-12(16(17)18)7-11(13)8-15-5-3-10-4-6-19-9-10/h1-2,4,6-7,9,15H,3,5,8H2. The second kappa shape index (κ2) is 6.65. The number of hydrogen-bond acceptors (Lipinski definition) is 4. The molecule has 1 N–H and O–H groups in total.